The first-order valence-corrected chi connectivity index (χ1v) is 9.18. The van der Waals surface area contributed by atoms with Crippen LogP contribution in [0.1, 0.15) is 22.5 Å². The second kappa shape index (κ2) is 8.86. The molecule has 2 rings (SSSR count). The van der Waals surface area contributed by atoms with Crippen LogP contribution < -0.4 is 4.72 Å². The smallest absolute Gasteiger partial charge is 0.254 e. The van der Waals surface area contributed by atoms with Gasteiger partial charge in [-0.25, -0.2) is 8.42 Å². The van der Waals surface area contributed by atoms with Gasteiger partial charge in [0.15, 0.2) is 0 Å². The molecule has 0 aliphatic rings. The van der Waals surface area contributed by atoms with Crippen LogP contribution in [0.5, 0.6) is 0 Å². The van der Waals surface area contributed by atoms with Gasteiger partial charge in [0.2, 0.25) is 10.0 Å². The highest BCUT2D eigenvalue weighted by molar-refractivity contribution is 7.89. The maximum atomic E-state index is 12.8. The lowest BCUT2D eigenvalue weighted by molar-refractivity contribution is 0.0735. The van der Waals surface area contributed by atoms with Crippen molar-refractivity contribution in [3.8, 4) is 18.4 Å². The molecule has 0 fully saturated rings. The molecule has 0 bridgehead atoms. The van der Waals surface area contributed by atoms with E-state index in [1.165, 1.54) is 35.4 Å². The zero-order valence-corrected chi connectivity index (χ0v) is 14.7. The van der Waals surface area contributed by atoms with Crippen LogP contribution in [0.15, 0.2) is 52.0 Å². The summed E-state index contributed by atoms with van der Waals surface area (Å²) in [5.41, 5.74) is 0.193. The van der Waals surface area contributed by atoms with Crippen molar-refractivity contribution < 1.29 is 17.6 Å². The van der Waals surface area contributed by atoms with Crippen LogP contribution in [0.4, 0.5) is 0 Å². The summed E-state index contributed by atoms with van der Waals surface area (Å²) in [5.74, 6) is 2.36. The standard InChI is InChI=1S/C18H17N3O4S/c1-2-10-20-26(23,24)17-8-3-6-15(13-17)18(22)21(11-5-9-19)14-16-7-4-12-25-16/h1,3-4,6-8,12-13,20H,5,10-11,14H2. The molecule has 2 aromatic rings. The van der Waals surface area contributed by atoms with Gasteiger partial charge < -0.3 is 9.32 Å². The summed E-state index contributed by atoms with van der Waals surface area (Å²) in [5, 5.41) is 8.81. The molecule has 1 aromatic carbocycles. The molecule has 0 saturated heterocycles. The van der Waals surface area contributed by atoms with E-state index in [0.717, 1.165) is 0 Å². The predicted octanol–water partition coefficient (Wildman–Crippen LogP) is 1.75. The van der Waals surface area contributed by atoms with Crippen LogP contribution in [0.25, 0.3) is 0 Å². The highest BCUT2D eigenvalue weighted by atomic mass is 32.2. The minimum atomic E-state index is -3.81. The fourth-order valence-electron chi connectivity index (χ4n) is 2.23. The van der Waals surface area contributed by atoms with Crippen molar-refractivity contribution in [2.75, 3.05) is 13.1 Å². The van der Waals surface area contributed by atoms with Gasteiger partial charge in [-0.2, -0.15) is 9.98 Å². The van der Waals surface area contributed by atoms with E-state index in [9.17, 15) is 13.2 Å². The lowest BCUT2D eigenvalue weighted by Gasteiger charge is -2.21. The fourth-order valence-corrected chi connectivity index (χ4v) is 3.21. The molecule has 7 nitrogen and oxygen atoms in total. The number of nitrogens with one attached hydrogen (secondary N) is 1. The third-order valence-corrected chi connectivity index (χ3v) is 4.86. The van der Waals surface area contributed by atoms with Gasteiger partial charge in [0.05, 0.1) is 36.7 Å². The van der Waals surface area contributed by atoms with Crippen molar-refractivity contribution in [3.05, 3.63) is 54.0 Å². The molecule has 1 amide bonds. The maximum absolute atomic E-state index is 12.8. The number of terminal acetylenes is 1. The molecule has 1 aromatic heterocycles. The lowest BCUT2D eigenvalue weighted by atomic mass is 10.2. The van der Waals surface area contributed by atoms with Gasteiger partial charge in [-0.15, -0.1) is 6.42 Å². The number of hydrogen-bond donors (Lipinski definition) is 1. The van der Waals surface area contributed by atoms with Crippen LogP contribution in [-0.4, -0.2) is 32.3 Å². The highest BCUT2D eigenvalue weighted by Crippen LogP contribution is 2.15. The normalized spacial score (nSPS) is 10.7. The number of carbonyl (C=O) groups is 1. The second-order valence-corrected chi connectivity index (χ2v) is 7.04. The van der Waals surface area contributed by atoms with Crippen molar-refractivity contribution in [2.24, 2.45) is 0 Å². The summed E-state index contributed by atoms with van der Waals surface area (Å²) in [7, 11) is -3.81. The first-order valence-electron chi connectivity index (χ1n) is 7.69. The minimum absolute atomic E-state index is 0.0585. The summed E-state index contributed by atoms with van der Waals surface area (Å²) in [6, 6.07) is 11.1. The summed E-state index contributed by atoms with van der Waals surface area (Å²) in [4.78, 5) is 14.2. The van der Waals surface area contributed by atoms with Gasteiger partial charge in [0, 0.05) is 12.1 Å². The maximum Gasteiger partial charge on any atom is 0.254 e. The highest BCUT2D eigenvalue weighted by Gasteiger charge is 2.20. The Kier molecular flexibility index (Phi) is 6.56. The Hall–Kier alpha value is -3.07. The van der Waals surface area contributed by atoms with Crippen LogP contribution in [0, 0.1) is 23.7 Å². The summed E-state index contributed by atoms with van der Waals surface area (Å²) in [6.45, 7) is 0.232. The lowest BCUT2D eigenvalue weighted by Crippen LogP contribution is -2.31. The zero-order valence-electron chi connectivity index (χ0n) is 13.9. The van der Waals surface area contributed by atoms with E-state index in [0.29, 0.717) is 5.76 Å². The van der Waals surface area contributed by atoms with Crippen molar-refractivity contribution >= 4 is 15.9 Å². The van der Waals surface area contributed by atoms with E-state index >= 15 is 0 Å². The molecule has 0 radical (unpaired) electrons. The second-order valence-electron chi connectivity index (χ2n) is 5.27. The molecule has 1 N–H and O–H groups in total. The van der Waals surface area contributed by atoms with E-state index in [4.69, 9.17) is 16.1 Å². The van der Waals surface area contributed by atoms with Gasteiger partial charge in [-0.3, -0.25) is 4.79 Å². The van der Waals surface area contributed by atoms with E-state index < -0.39 is 15.9 Å². The zero-order chi connectivity index (χ0) is 19.0. The Balaban J connectivity index is 2.26. The molecular weight excluding hydrogens is 354 g/mol. The topological polar surface area (TPSA) is 103 Å². The van der Waals surface area contributed by atoms with Crippen LogP contribution >= 0.6 is 0 Å². The van der Waals surface area contributed by atoms with Gasteiger partial charge in [-0.05, 0) is 30.3 Å². The SMILES string of the molecule is C#CCNS(=O)(=O)c1cccc(C(=O)N(CCC#N)Cc2ccco2)c1. The predicted molar refractivity (Wildman–Crippen MR) is 94.1 cm³/mol. The van der Waals surface area contributed by atoms with E-state index in [-0.39, 0.29) is 36.5 Å². The van der Waals surface area contributed by atoms with Gasteiger partial charge in [-0.1, -0.05) is 12.0 Å². The molecule has 0 aliphatic carbocycles. The number of nitrogens with zero attached hydrogens (tertiary/aromatic N) is 2. The molecule has 1 heterocycles. The van der Waals surface area contributed by atoms with Gasteiger partial charge >= 0.3 is 0 Å². The number of carbonyl (C=O) groups excluding carboxylic acids is 1. The molecule has 26 heavy (non-hydrogen) atoms. The van der Waals surface area contributed by atoms with Gasteiger partial charge in [0.25, 0.3) is 5.91 Å². The molecule has 134 valence electrons. The average Bonchev–Trinajstić information content (AvgIpc) is 3.16. The monoisotopic (exact) mass is 371 g/mol. The van der Waals surface area contributed by atoms with Gasteiger partial charge in [0.1, 0.15) is 5.76 Å². The quantitative estimate of drug-likeness (QED) is 0.712. The summed E-state index contributed by atoms with van der Waals surface area (Å²) in [6.07, 6.45) is 6.71. The first kappa shape index (κ1) is 19.3. The number of hydrogen-bond acceptors (Lipinski definition) is 5. The average molecular weight is 371 g/mol. The van der Waals surface area contributed by atoms with E-state index in [2.05, 4.69) is 10.6 Å². The number of rotatable bonds is 8. The van der Waals surface area contributed by atoms with Crippen molar-refractivity contribution in [1.29, 1.82) is 5.26 Å². The van der Waals surface area contributed by atoms with Crippen molar-refractivity contribution in [1.82, 2.24) is 9.62 Å². The summed E-state index contributed by atoms with van der Waals surface area (Å²) < 4.78 is 31.8. The fraction of sp³-hybridized carbons (Fsp3) is 0.222. The molecular formula is C18H17N3O4S. The van der Waals surface area contributed by atoms with Crippen molar-refractivity contribution in [3.63, 3.8) is 0 Å². The molecule has 0 unspecified atom stereocenters. The van der Waals surface area contributed by atoms with E-state index in [1.807, 2.05) is 6.07 Å². The molecule has 0 saturated carbocycles. The van der Waals surface area contributed by atoms with Crippen molar-refractivity contribution in [2.45, 2.75) is 17.9 Å². The van der Waals surface area contributed by atoms with Crippen LogP contribution in [0.2, 0.25) is 0 Å². The summed E-state index contributed by atoms with van der Waals surface area (Å²) >= 11 is 0. The molecule has 0 atom stereocenters. The number of nitriles is 1. The first-order chi connectivity index (χ1) is 12.5. The Morgan fingerprint density at radius 3 is 2.77 bits per heavy atom. The van der Waals surface area contributed by atoms with Crippen LogP contribution in [-0.2, 0) is 16.6 Å². The third-order valence-electron chi connectivity index (χ3n) is 3.46. The van der Waals surface area contributed by atoms with E-state index in [1.54, 1.807) is 12.1 Å². The Labute approximate surface area is 152 Å². The minimum Gasteiger partial charge on any atom is -0.467 e. The number of sulfonamides is 1. The number of furan rings is 1. The molecule has 0 aliphatic heterocycles. The Bertz CT molecular complexity index is 938. The Morgan fingerprint density at radius 2 is 2.12 bits per heavy atom. The number of benzene rings is 1. The third kappa shape index (κ3) is 4.96. The van der Waals surface area contributed by atoms with Crippen LogP contribution in [0.3, 0.4) is 0 Å². The number of amides is 1. The molecule has 8 heteroatoms. The molecule has 0 spiro atoms. The Morgan fingerprint density at radius 1 is 1.31 bits per heavy atom. The largest absolute Gasteiger partial charge is 0.467 e.